The fourth-order valence-electron chi connectivity index (χ4n) is 0.500. The molecular formula is C3H5F6N3. The van der Waals surface area contributed by atoms with Gasteiger partial charge >= 0.3 is 0 Å². The van der Waals surface area contributed by atoms with E-state index in [1.54, 1.807) is 0 Å². The lowest BCUT2D eigenvalue weighted by Crippen LogP contribution is -2.37. The van der Waals surface area contributed by atoms with E-state index in [1.165, 1.54) is 0 Å². The van der Waals surface area contributed by atoms with Gasteiger partial charge in [-0.05, 0) is 0 Å². The maximum atomic E-state index is 11.5. The Hall–Kier alpha value is -0.540. The van der Waals surface area contributed by atoms with Gasteiger partial charge in [0.2, 0.25) is 0 Å². The molecule has 0 radical (unpaired) electrons. The lowest BCUT2D eigenvalue weighted by molar-refractivity contribution is -0.256. The molecule has 0 fully saturated rings. The molecule has 9 heteroatoms. The van der Waals surface area contributed by atoms with Crippen LogP contribution in [0.25, 0.3) is 0 Å². The summed E-state index contributed by atoms with van der Waals surface area (Å²) in [6.07, 6.45) is 0. The van der Waals surface area contributed by atoms with E-state index in [0.717, 1.165) is 0 Å². The predicted molar refractivity (Wildman–Crippen MR) is 25.7 cm³/mol. The molecule has 0 aromatic rings. The predicted octanol–water partition coefficient (Wildman–Crippen LogP) is 1.57. The first-order chi connectivity index (χ1) is 5.43. The van der Waals surface area contributed by atoms with Crippen molar-refractivity contribution in [3.05, 3.63) is 0 Å². The zero-order valence-electron chi connectivity index (χ0n) is 5.60. The van der Waals surface area contributed by atoms with Gasteiger partial charge in [-0.2, -0.15) is 0 Å². The highest BCUT2D eigenvalue weighted by Gasteiger charge is 2.25. The summed E-state index contributed by atoms with van der Waals surface area (Å²) in [5.74, 6) is 0. The molecule has 0 aromatic heterocycles. The lowest BCUT2D eigenvalue weighted by atomic mass is 10.3. The minimum Gasteiger partial charge on any atom is -0.101 e. The second kappa shape index (κ2) is 5.17. The fraction of sp³-hybridized carbons (Fsp3) is 1.00. The number of hydrogen-bond acceptors (Lipinski definition) is 3. The molecule has 0 aliphatic heterocycles. The molecule has 0 unspecified atom stereocenters. The van der Waals surface area contributed by atoms with Crippen molar-refractivity contribution in [3.63, 3.8) is 0 Å². The quantitative estimate of drug-likeness (QED) is 0.489. The van der Waals surface area contributed by atoms with Gasteiger partial charge in [0.25, 0.3) is 0 Å². The van der Waals surface area contributed by atoms with Crippen molar-refractivity contribution in [1.82, 2.24) is 16.0 Å². The molecule has 0 N–H and O–H groups in total. The molecule has 0 saturated heterocycles. The van der Waals surface area contributed by atoms with Crippen LogP contribution >= 0.6 is 0 Å². The highest BCUT2D eigenvalue weighted by Crippen LogP contribution is 2.07. The van der Waals surface area contributed by atoms with Crippen molar-refractivity contribution < 1.29 is 26.9 Å². The van der Waals surface area contributed by atoms with E-state index < -0.39 is 35.2 Å². The third-order valence-corrected chi connectivity index (χ3v) is 0.974. The number of halogens is 6. The van der Waals surface area contributed by atoms with Gasteiger partial charge in [0, 0.05) is 16.0 Å². The summed E-state index contributed by atoms with van der Waals surface area (Å²) in [6, 6.07) is -2.21. The smallest absolute Gasteiger partial charge is 0.101 e. The Kier molecular flexibility index (Phi) is 4.93. The summed E-state index contributed by atoms with van der Waals surface area (Å²) in [5, 5.41) is -4.85. The molecule has 0 atom stereocenters. The van der Waals surface area contributed by atoms with Gasteiger partial charge in [0.15, 0.2) is 0 Å². The molecule has 0 heterocycles. The molecule has 0 aliphatic carbocycles. The maximum absolute atomic E-state index is 11.5. The van der Waals surface area contributed by atoms with Crippen molar-refractivity contribution in [2.24, 2.45) is 0 Å². The average Bonchev–Trinajstić information content (AvgIpc) is 1.83. The van der Waals surface area contributed by atoms with Crippen LogP contribution in [0, 0.1) is 0 Å². The zero-order valence-corrected chi connectivity index (χ0v) is 5.60. The normalized spacial score (nSPS) is 12.5. The number of nitrogens with zero attached hydrogens (tertiary/aromatic N) is 3. The standard InChI is InChI=1S/C3H5F6N3/c4-10(5)1-3(12(8)9)2-11(6)7/h3H,1-2H2. The van der Waals surface area contributed by atoms with E-state index in [0.29, 0.717) is 0 Å². The van der Waals surface area contributed by atoms with E-state index in [9.17, 15) is 26.9 Å². The fourth-order valence-corrected chi connectivity index (χ4v) is 0.500. The van der Waals surface area contributed by atoms with Crippen LogP contribution in [0.1, 0.15) is 0 Å². The van der Waals surface area contributed by atoms with Crippen LogP contribution in [0.3, 0.4) is 0 Å². The molecule has 74 valence electrons. The molecule has 0 saturated carbocycles. The van der Waals surface area contributed by atoms with Crippen molar-refractivity contribution in [1.29, 1.82) is 0 Å². The van der Waals surface area contributed by atoms with E-state index >= 15 is 0 Å². The molecule has 0 aromatic carbocycles. The molecule has 12 heavy (non-hydrogen) atoms. The second-order valence-electron chi connectivity index (χ2n) is 1.88. The van der Waals surface area contributed by atoms with Crippen LogP contribution in [0.2, 0.25) is 0 Å². The van der Waals surface area contributed by atoms with Gasteiger partial charge in [-0.3, -0.25) is 0 Å². The Morgan fingerprint density at radius 2 is 1.08 bits per heavy atom. The van der Waals surface area contributed by atoms with Gasteiger partial charge in [0.05, 0.1) is 13.1 Å². The summed E-state index contributed by atoms with van der Waals surface area (Å²) in [6.45, 7) is -2.89. The van der Waals surface area contributed by atoms with Crippen LogP contribution in [0.15, 0.2) is 0 Å². The summed E-state index contributed by atoms with van der Waals surface area (Å²) >= 11 is 0. The molecule has 0 bridgehead atoms. The summed E-state index contributed by atoms with van der Waals surface area (Å²) in [5.41, 5.74) is 0. The highest BCUT2D eigenvalue weighted by atomic mass is 19.4. The lowest BCUT2D eigenvalue weighted by Gasteiger charge is -2.15. The Morgan fingerprint density at radius 3 is 1.25 bits per heavy atom. The molecule has 0 rings (SSSR count). The second-order valence-corrected chi connectivity index (χ2v) is 1.88. The minimum absolute atomic E-state index is 1.45. The monoisotopic (exact) mass is 197 g/mol. The van der Waals surface area contributed by atoms with Crippen molar-refractivity contribution in [3.8, 4) is 0 Å². The van der Waals surface area contributed by atoms with Gasteiger partial charge in [-0.25, -0.2) is 0 Å². The first-order valence-corrected chi connectivity index (χ1v) is 2.72. The largest absolute Gasteiger partial charge is 0.109 e. The van der Waals surface area contributed by atoms with Gasteiger partial charge in [-0.1, -0.05) is 0 Å². The molecule has 0 spiro atoms. The Balaban J connectivity index is 3.87. The first-order valence-electron chi connectivity index (χ1n) is 2.72. The van der Waals surface area contributed by atoms with Crippen LogP contribution in [0.5, 0.6) is 0 Å². The first kappa shape index (κ1) is 11.5. The van der Waals surface area contributed by atoms with E-state index in [2.05, 4.69) is 0 Å². The van der Waals surface area contributed by atoms with E-state index in [4.69, 9.17) is 0 Å². The van der Waals surface area contributed by atoms with Crippen LogP contribution in [-0.2, 0) is 0 Å². The Bertz CT molecular complexity index is 109. The van der Waals surface area contributed by atoms with Gasteiger partial charge < -0.3 is 0 Å². The summed E-state index contributed by atoms with van der Waals surface area (Å²) in [7, 11) is 0. The summed E-state index contributed by atoms with van der Waals surface area (Å²) in [4.78, 5) is 0. The Labute approximate surface area is 63.4 Å². The minimum atomic E-state index is -2.21. The van der Waals surface area contributed by atoms with Crippen molar-refractivity contribution in [2.45, 2.75) is 6.04 Å². The molecule has 0 aliphatic rings. The van der Waals surface area contributed by atoms with Gasteiger partial charge in [-0.15, -0.1) is 26.9 Å². The third kappa shape index (κ3) is 5.16. The third-order valence-electron chi connectivity index (χ3n) is 0.974. The molecule has 3 nitrogen and oxygen atoms in total. The van der Waals surface area contributed by atoms with Crippen LogP contribution in [-0.4, -0.2) is 35.2 Å². The average molecular weight is 197 g/mol. The molecule has 0 amide bonds. The van der Waals surface area contributed by atoms with E-state index in [1.807, 2.05) is 0 Å². The zero-order chi connectivity index (χ0) is 9.72. The van der Waals surface area contributed by atoms with Gasteiger partial charge in [0.1, 0.15) is 6.04 Å². The highest BCUT2D eigenvalue weighted by molar-refractivity contribution is 4.61. The number of hydrogen-bond donors (Lipinski definition) is 0. The number of rotatable bonds is 5. The van der Waals surface area contributed by atoms with E-state index in [-0.39, 0.29) is 0 Å². The van der Waals surface area contributed by atoms with Crippen molar-refractivity contribution in [2.75, 3.05) is 13.1 Å². The molecular weight excluding hydrogens is 192 g/mol. The SMILES string of the molecule is FN(F)CC(CN(F)F)N(F)F. The summed E-state index contributed by atoms with van der Waals surface area (Å²) < 4.78 is 68.3. The van der Waals surface area contributed by atoms with Crippen LogP contribution < -0.4 is 0 Å². The topological polar surface area (TPSA) is 9.72 Å². The van der Waals surface area contributed by atoms with Crippen molar-refractivity contribution >= 4 is 0 Å². The maximum Gasteiger partial charge on any atom is 0.109 e. The van der Waals surface area contributed by atoms with Crippen LogP contribution in [0.4, 0.5) is 26.9 Å². The Morgan fingerprint density at radius 1 is 0.750 bits per heavy atom.